The van der Waals surface area contributed by atoms with Crippen molar-refractivity contribution in [2.24, 2.45) is 0 Å². The smallest absolute Gasteiger partial charge is 0.108 e. The summed E-state index contributed by atoms with van der Waals surface area (Å²) in [6.45, 7) is 0. The average molecular weight is 384 g/mol. The summed E-state index contributed by atoms with van der Waals surface area (Å²) in [5.74, 6) is 0. The fourth-order valence-corrected chi connectivity index (χ4v) is 2.50. The van der Waals surface area contributed by atoms with Gasteiger partial charge in [0.25, 0.3) is 0 Å². The Bertz CT molecular complexity index is 753. The molecular weight excluding hydrogens is 371 g/mol. The maximum atomic E-state index is 4.48. The van der Waals surface area contributed by atoms with Crippen molar-refractivity contribution in [1.82, 2.24) is 9.97 Å². The third-order valence-electron chi connectivity index (χ3n) is 3.12. The fourth-order valence-electron chi connectivity index (χ4n) is 2.02. The molecule has 3 heteroatoms. The van der Waals surface area contributed by atoms with Crippen LogP contribution in [0.5, 0.6) is 0 Å². The van der Waals surface area contributed by atoms with E-state index >= 15 is 0 Å². The zero-order chi connectivity index (χ0) is 14.5. The number of nitrogens with zero attached hydrogens (tertiary/aromatic N) is 2. The highest BCUT2D eigenvalue weighted by atomic mass is 127. The van der Waals surface area contributed by atoms with Crippen LogP contribution in [0, 0.1) is 3.70 Å². The van der Waals surface area contributed by atoms with Gasteiger partial charge in [0, 0.05) is 35.3 Å². The summed E-state index contributed by atoms with van der Waals surface area (Å²) < 4.78 is 0.993. The molecule has 21 heavy (non-hydrogen) atoms. The lowest BCUT2D eigenvalue weighted by molar-refractivity contribution is 1.25. The van der Waals surface area contributed by atoms with Crippen LogP contribution in [0.1, 0.15) is 11.1 Å². The van der Waals surface area contributed by atoms with Crippen molar-refractivity contribution < 1.29 is 0 Å². The number of aromatic nitrogens is 2. The van der Waals surface area contributed by atoms with Crippen LogP contribution in [0.25, 0.3) is 23.3 Å². The van der Waals surface area contributed by atoms with E-state index in [2.05, 4.69) is 62.9 Å². The summed E-state index contributed by atoms with van der Waals surface area (Å²) in [6, 6.07) is 16.4. The van der Waals surface area contributed by atoms with Gasteiger partial charge in [-0.1, -0.05) is 48.6 Å². The van der Waals surface area contributed by atoms with E-state index in [9.17, 15) is 0 Å². The molecule has 0 saturated heterocycles. The van der Waals surface area contributed by atoms with Gasteiger partial charge in [-0.25, -0.2) is 4.98 Å². The van der Waals surface area contributed by atoms with Crippen molar-refractivity contribution in [3.8, 4) is 11.1 Å². The van der Waals surface area contributed by atoms with Gasteiger partial charge in [-0.3, -0.25) is 4.98 Å². The van der Waals surface area contributed by atoms with E-state index in [1.54, 1.807) is 6.20 Å². The summed E-state index contributed by atoms with van der Waals surface area (Å²) in [5, 5.41) is 0. The first-order chi connectivity index (χ1) is 10.3. The zero-order valence-electron chi connectivity index (χ0n) is 11.3. The van der Waals surface area contributed by atoms with Gasteiger partial charge in [0.2, 0.25) is 0 Å². The molecular formula is C18H13IN2. The van der Waals surface area contributed by atoms with Gasteiger partial charge in [-0.05, 0) is 40.3 Å². The summed E-state index contributed by atoms with van der Waals surface area (Å²) in [4.78, 5) is 8.63. The first-order valence-corrected chi connectivity index (χ1v) is 7.70. The third-order valence-corrected chi connectivity index (χ3v) is 4.02. The molecule has 2 nitrogen and oxygen atoms in total. The molecule has 0 unspecified atom stereocenters. The second-order valence-corrected chi connectivity index (χ2v) is 5.61. The van der Waals surface area contributed by atoms with E-state index in [1.807, 2.05) is 42.7 Å². The highest BCUT2D eigenvalue weighted by molar-refractivity contribution is 14.1. The maximum Gasteiger partial charge on any atom is 0.108 e. The van der Waals surface area contributed by atoms with E-state index in [1.165, 1.54) is 5.56 Å². The molecule has 102 valence electrons. The monoisotopic (exact) mass is 384 g/mol. The lowest BCUT2D eigenvalue weighted by atomic mass is 10.1. The first kappa shape index (κ1) is 13.9. The van der Waals surface area contributed by atoms with Crippen molar-refractivity contribution in [2.45, 2.75) is 0 Å². The Labute approximate surface area is 137 Å². The Hall–Kier alpha value is -2.01. The summed E-state index contributed by atoms with van der Waals surface area (Å²) in [6.07, 6.45) is 9.73. The molecule has 2 aromatic heterocycles. The Morgan fingerprint density at radius 2 is 1.71 bits per heavy atom. The Kier molecular flexibility index (Phi) is 4.40. The predicted octanol–water partition coefficient (Wildman–Crippen LogP) is 4.92. The number of halogens is 1. The number of hydrogen-bond donors (Lipinski definition) is 0. The largest absolute Gasteiger partial charge is 0.264 e. The molecule has 0 aliphatic carbocycles. The van der Waals surface area contributed by atoms with Crippen LogP contribution >= 0.6 is 22.6 Å². The SMILES string of the molecule is Ic1ncc(-c2cccnc2)cc1/C=C/c1ccccc1. The Morgan fingerprint density at radius 3 is 2.48 bits per heavy atom. The molecule has 0 atom stereocenters. The van der Waals surface area contributed by atoms with E-state index in [-0.39, 0.29) is 0 Å². The minimum atomic E-state index is 0.993. The number of rotatable bonds is 3. The molecule has 3 aromatic rings. The summed E-state index contributed by atoms with van der Waals surface area (Å²) in [5.41, 5.74) is 4.45. The predicted molar refractivity (Wildman–Crippen MR) is 95.6 cm³/mol. The van der Waals surface area contributed by atoms with Gasteiger partial charge < -0.3 is 0 Å². The molecule has 0 bridgehead atoms. The van der Waals surface area contributed by atoms with Gasteiger partial charge in [-0.2, -0.15) is 0 Å². The standard InChI is InChI=1S/C18H13IN2/c19-18-15(9-8-14-5-2-1-3-6-14)11-17(13-21-18)16-7-4-10-20-12-16/h1-13H/b9-8+. The van der Waals surface area contributed by atoms with Crippen LogP contribution in [-0.2, 0) is 0 Å². The molecule has 0 aliphatic rings. The van der Waals surface area contributed by atoms with Crippen LogP contribution in [0.3, 0.4) is 0 Å². The average Bonchev–Trinajstić information content (AvgIpc) is 2.56. The van der Waals surface area contributed by atoms with Gasteiger partial charge in [-0.15, -0.1) is 0 Å². The molecule has 0 radical (unpaired) electrons. The van der Waals surface area contributed by atoms with Crippen LogP contribution in [0.15, 0.2) is 67.1 Å². The van der Waals surface area contributed by atoms with Crippen molar-refractivity contribution in [3.05, 3.63) is 81.9 Å². The van der Waals surface area contributed by atoms with E-state index in [4.69, 9.17) is 0 Å². The molecule has 0 spiro atoms. The second kappa shape index (κ2) is 6.63. The highest BCUT2D eigenvalue weighted by Gasteiger charge is 2.02. The highest BCUT2D eigenvalue weighted by Crippen LogP contribution is 2.22. The van der Waals surface area contributed by atoms with E-state index < -0.39 is 0 Å². The van der Waals surface area contributed by atoms with Gasteiger partial charge >= 0.3 is 0 Å². The molecule has 2 heterocycles. The van der Waals surface area contributed by atoms with Crippen molar-refractivity contribution in [3.63, 3.8) is 0 Å². The lowest BCUT2D eigenvalue weighted by Crippen LogP contribution is -1.88. The molecule has 0 saturated carbocycles. The fraction of sp³-hybridized carbons (Fsp3) is 0. The lowest BCUT2D eigenvalue weighted by Gasteiger charge is -2.04. The van der Waals surface area contributed by atoms with Crippen molar-refractivity contribution >= 4 is 34.7 Å². The molecule has 3 rings (SSSR count). The van der Waals surface area contributed by atoms with E-state index in [0.717, 1.165) is 20.4 Å². The van der Waals surface area contributed by atoms with Crippen LogP contribution < -0.4 is 0 Å². The number of benzene rings is 1. The van der Waals surface area contributed by atoms with Gasteiger partial charge in [0.1, 0.15) is 3.70 Å². The molecule has 0 fully saturated rings. The molecule has 0 aliphatic heterocycles. The van der Waals surface area contributed by atoms with Crippen molar-refractivity contribution in [2.75, 3.05) is 0 Å². The Balaban J connectivity index is 1.94. The van der Waals surface area contributed by atoms with Crippen LogP contribution in [0.4, 0.5) is 0 Å². The first-order valence-electron chi connectivity index (χ1n) is 6.62. The van der Waals surface area contributed by atoms with Crippen LogP contribution in [-0.4, -0.2) is 9.97 Å². The third kappa shape index (κ3) is 3.55. The van der Waals surface area contributed by atoms with Crippen LogP contribution in [0.2, 0.25) is 0 Å². The molecule has 0 amide bonds. The number of hydrogen-bond acceptors (Lipinski definition) is 2. The minimum absolute atomic E-state index is 0.993. The van der Waals surface area contributed by atoms with Gasteiger partial charge in [0.15, 0.2) is 0 Å². The normalized spacial score (nSPS) is 10.9. The van der Waals surface area contributed by atoms with Crippen molar-refractivity contribution in [1.29, 1.82) is 0 Å². The maximum absolute atomic E-state index is 4.48. The quantitative estimate of drug-likeness (QED) is 0.473. The minimum Gasteiger partial charge on any atom is -0.264 e. The molecule has 1 aromatic carbocycles. The zero-order valence-corrected chi connectivity index (χ0v) is 13.4. The summed E-state index contributed by atoms with van der Waals surface area (Å²) >= 11 is 2.26. The second-order valence-electron chi connectivity index (χ2n) is 4.59. The number of pyridine rings is 2. The topological polar surface area (TPSA) is 25.8 Å². The summed E-state index contributed by atoms with van der Waals surface area (Å²) in [7, 11) is 0. The molecule has 0 N–H and O–H groups in total. The van der Waals surface area contributed by atoms with E-state index in [0.29, 0.717) is 0 Å². The van der Waals surface area contributed by atoms with Gasteiger partial charge in [0.05, 0.1) is 0 Å². The Morgan fingerprint density at radius 1 is 0.857 bits per heavy atom.